The molecule has 1 unspecified atom stereocenters. The summed E-state index contributed by atoms with van der Waals surface area (Å²) in [7, 11) is 0. The zero-order chi connectivity index (χ0) is 22.8. The Morgan fingerprint density at radius 2 is 1.91 bits per heavy atom. The third-order valence-electron chi connectivity index (χ3n) is 6.97. The fourth-order valence-corrected chi connectivity index (χ4v) is 5.30. The Labute approximate surface area is 187 Å². The molecule has 3 nitrogen and oxygen atoms in total. The van der Waals surface area contributed by atoms with Crippen LogP contribution in [0.25, 0.3) is 0 Å². The van der Waals surface area contributed by atoms with Gasteiger partial charge in [-0.25, -0.2) is 0 Å². The first-order valence-electron chi connectivity index (χ1n) is 11.4. The van der Waals surface area contributed by atoms with Crippen molar-refractivity contribution in [3.8, 4) is 0 Å². The molecule has 1 heterocycles. The molecule has 1 saturated heterocycles. The third kappa shape index (κ3) is 5.07. The van der Waals surface area contributed by atoms with Gasteiger partial charge in [0.2, 0.25) is 0 Å². The summed E-state index contributed by atoms with van der Waals surface area (Å²) < 4.78 is 45.5. The molecule has 2 aromatic rings. The molecule has 3 atom stereocenters. The van der Waals surface area contributed by atoms with Gasteiger partial charge in [-0.15, -0.1) is 0 Å². The summed E-state index contributed by atoms with van der Waals surface area (Å²) in [6.07, 6.45) is 0.0593. The fourth-order valence-electron chi connectivity index (χ4n) is 5.30. The molecule has 0 radical (unpaired) electrons. The van der Waals surface area contributed by atoms with Gasteiger partial charge in [-0.2, -0.15) is 13.2 Å². The number of hydrogen-bond acceptors (Lipinski definition) is 3. The minimum absolute atomic E-state index is 0.117. The molecule has 0 spiro atoms. The lowest BCUT2D eigenvalue weighted by Gasteiger charge is -2.43. The number of piperidine rings is 1. The second-order valence-corrected chi connectivity index (χ2v) is 9.29. The lowest BCUT2D eigenvalue weighted by atomic mass is 9.75. The van der Waals surface area contributed by atoms with Crippen LogP contribution in [-0.2, 0) is 27.9 Å². The number of nitrogens with one attached hydrogen (secondary N) is 1. The zero-order valence-electron chi connectivity index (χ0n) is 18.4. The Kier molecular flexibility index (Phi) is 6.72. The van der Waals surface area contributed by atoms with Crippen molar-refractivity contribution in [1.82, 2.24) is 5.32 Å². The lowest BCUT2D eigenvalue weighted by molar-refractivity contribution is -0.137. The maximum absolute atomic E-state index is 13.2. The molecule has 0 amide bonds. The smallest absolute Gasteiger partial charge is 0.374 e. The van der Waals surface area contributed by atoms with Gasteiger partial charge in [0.05, 0.1) is 24.3 Å². The van der Waals surface area contributed by atoms with Gasteiger partial charge in [-0.3, -0.25) is 4.79 Å². The van der Waals surface area contributed by atoms with Crippen molar-refractivity contribution in [2.75, 3.05) is 13.2 Å². The van der Waals surface area contributed by atoms with E-state index in [9.17, 15) is 18.0 Å². The molecule has 1 saturated carbocycles. The van der Waals surface area contributed by atoms with Crippen LogP contribution in [0.1, 0.15) is 54.4 Å². The van der Waals surface area contributed by atoms with Crippen LogP contribution >= 0.6 is 0 Å². The van der Waals surface area contributed by atoms with Crippen molar-refractivity contribution in [3.63, 3.8) is 0 Å². The molecule has 0 bridgehead atoms. The number of carbonyl (C=O) groups is 1. The number of ketones is 1. The largest absolute Gasteiger partial charge is 0.416 e. The van der Waals surface area contributed by atoms with Crippen molar-refractivity contribution < 1.29 is 22.7 Å². The van der Waals surface area contributed by atoms with Crippen molar-refractivity contribution in [2.24, 2.45) is 11.8 Å². The van der Waals surface area contributed by atoms with E-state index in [-0.39, 0.29) is 12.5 Å². The van der Waals surface area contributed by atoms with Crippen LogP contribution in [-0.4, -0.2) is 18.9 Å². The number of halogens is 3. The van der Waals surface area contributed by atoms with E-state index in [0.717, 1.165) is 49.9 Å². The quantitative estimate of drug-likeness (QED) is 0.611. The van der Waals surface area contributed by atoms with Gasteiger partial charge in [-0.1, -0.05) is 42.0 Å². The highest BCUT2D eigenvalue weighted by atomic mass is 19.4. The van der Waals surface area contributed by atoms with E-state index in [1.807, 2.05) is 18.2 Å². The predicted molar refractivity (Wildman–Crippen MR) is 117 cm³/mol. The molecule has 1 N–H and O–H groups in total. The normalized spacial score (nSPS) is 26.4. The van der Waals surface area contributed by atoms with E-state index in [0.29, 0.717) is 35.9 Å². The molecule has 172 valence electrons. The Morgan fingerprint density at radius 3 is 2.53 bits per heavy atom. The number of benzene rings is 2. The number of carbonyl (C=O) groups excluding carboxylic acids is 1. The number of hydrogen-bond donors (Lipinski definition) is 1. The molecule has 1 aliphatic heterocycles. The summed E-state index contributed by atoms with van der Waals surface area (Å²) >= 11 is 0. The molecule has 4 rings (SSSR count). The number of Topliss-reactive ketones (excluding diaryl/α,β-unsaturated/α-hetero) is 1. The number of ether oxygens (including phenoxy) is 1. The minimum Gasteiger partial charge on any atom is -0.374 e. The highest BCUT2D eigenvalue weighted by Gasteiger charge is 2.41. The maximum atomic E-state index is 13.2. The number of aryl methyl sites for hydroxylation is 1. The van der Waals surface area contributed by atoms with Gasteiger partial charge in [0.25, 0.3) is 0 Å². The second kappa shape index (κ2) is 9.36. The van der Waals surface area contributed by atoms with Gasteiger partial charge >= 0.3 is 6.18 Å². The standard InChI is InChI=1S/C26H30F3NO2/c1-18-12-19(14-22(13-18)26(27,28)29)16-32-17-25(21-6-3-2-4-7-21)11-10-20(15-30-25)23-8-5-9-24(23)31/h2-4,6-7,12-14,20,23,30H,5,8-11,15-17H2,1H3/t20-,23?,25+/m0/s1. The molecule has 0 aromatic heterocycles. The Balaban J connectivity index is 1.46. The molecule has 2 aliphatic rings. The van der Waals surface area contributed by atoms with Crippen LogP contribution in [0.5, 0.6) is 0 Å². The van der Waals surface area contributed by atoms with Crippen LogP contribution in [0, 0.1) is 18.8 Å². The third-order valence-corrected chi connectivity index (χ3v) is 6.97. The average molecular weight is 446 g/mol. The summed E-state index contributed by atoms with van der Waals surface area (Å²) in [6.45, 7) is 2.89. The van der Waals surface area contributed by atoms with Crippen molar-refractivity contribution in [1.29, 1.82) is 0 Å². The van der Waals surface area contributed by atoms with Gasteiger partial charge in [0.1, 0.15) is 5.78 Å². The van der Waals surface area contributed by atoms with Gasteiger partial charge in [0.15, 0.2) is 0 Å². The molecule has 6 heteroatoms. The van der Waals surface area contributed by atoms with E-state index in [2.05, 4.69) is 17.4 Å². The summed E-state index contributed by atoms with van der Waals surface area (Å²) in [5.74, 6) is 0.887. The van der Waals surface area contributed by atoms with E-state index >= 15 is 0 Å². The summed E-state index contributed by atoms with van der Waals surface area (Å²) in [5.41, 5.74) is 1.14. The monoisotopic (exact) mass is 445 g/mol. The highest BCUT2D eigenvalue weighted by Crippen LogP contribution is 2.39. The van der Waals surface area contributed by atoms with Crippen LogP contribution in [0.2, 0.25) is 0 Å². The van der Waals surface area contributed by atoms with E-state index < -0.39 is 17.3 Å². The molecule has 32 heavy (non-hydrogen) atoms. The first-order chi connectivity index (χ1) is 15.3. The second-order valence-electron chi connectivity index (χ2n) is 9.29. The first kappa shape index (κ1) is 23.0. The van der Waals surface area contributed by atoms with Crippen LogP contribution < -0.4 is 5.32 Å². The molecule has 2 aromatic carbocycles. The number of alkyl halides is 3. The van der Waals surface area contributed by atoms with Crippen LogP contribution in [0.3, 0.4) is 0 Å². The van der Waals surface area contributed by atoms with Gasteiger partial charge in [-0.05, 0) is 68.3 Å². The minimum atomic E-state index is -4.37. The fraction of sp³-hybridized carbons (Fsp3) is 0.500. The van der Waals surface area contributed by atoms with Crippen molar-refractivity contribution >= 4 is 5.78 Å². The molecule has 1 aliphatic carbocycles. The Hall–Kier alpha value is -2.18. The lowest BCUT2D eigenvalue weighted by Crippen LogP contribution is -2.53. The zero-order valence-corrected chi connectivity index (χ0v) is 18.4. The number of rotatable bonds is 6. The molecular formula is C26H30F3NO2. The summed E-state index contributed by atoms with van der Waals surface area (Å²) in [4.78, 5) is 12.2. The van der Waals surface area contributed by atoms with E-state index in [1.165, 1.54) is 0 Å². The molecular weight excluding hydrogens is 415 g/mol. The first-order valence-corrected chi connectivity index (χ1v) is 11.4. The predicted octanol–water partition coefficient (Wildman–Crippen LogP) is 5.79. The average Bonchev–Trinajstić information content (AvgIpc) is 3.20. The SMILES string of the molecule is Cc1cc(COC[C@@]2(c3ccccc3)CC[C@H](C3CCCC3=O)CN2)cc(C(F)(F)F)c1. The Bertz CT molecular complexity index is 934. The topological polar surface area (TPSA) is 38.3 Å². The van der Waals surface area contributed by atoms with Gasteiger partial charge in [0, 0.05) is 12.3 Å². The van der Waals surface area contributed by atoms with E-state index in [1.54, 1.807) is 13.0 Å². The van der Waals surface area contributed by atoms with Crippen molar-refractivity contribution in [3.05, 3.63) is 70.8 Å². The summed E-state index contributed by atoms with van der Waals surface area (Å²) in [5, 5.41) is 3.67. The Morgan fingerprint density at radius 1 is 1.12 bits per heavy atom. The van der Waals surface area contributed by atoms with Crippen molar-refractivity contribution in [2.45, 2.75) is 57.3 Å². The maximum Gasteiger partial charge on any atom is 0.416 e. The van der Waals surface area contributed by atoms with Gasteiger partial charge < -0.3 is 10.1 Å². The summed E-state index contributed by atoms with van der Waals surface area (Å²) in [6, 6.07) is 14.1. The highest BCUT2D eigenvalue weighted by molar-refractivity contribution is 5.83. The molecule has 2 fully saturated rings. The van der Waals surface area contributed by atoms with Crippen LogP contribution in [0.4, 0.5) is 13.2 Å². The van der Waals surface area contributed by atoms with E-state index in [4.69, 9.17) is 4.74 Å². The van der Waals surface area contributed by atoms with Crippen LogP contribution in [0.15, 0.2) is 48.5 Å².